The fourth-order valence-corrected chi connectivity index (χ4v) is 1.81. The molecule has 0 fully saturated rings. The smallest absolute Gasteiger partial charge is 0.0655 e. The molecule has 0 rings (SSSR count). The second-order valence-electron chi connectivity index (χ2n) is 3.03. The van der Waals surface area contributed by atoms with E-state index >= 15 is 0 Å². The van der Waals surface area contributed by atoms with Gasteiger partial charge in [0.25, 0.3) is 0 Å². The average molecular weight is 176 g/mol. The van der Waals surface area contributed by atoms with Gasteiger partial charge < -0.3 is 5.11 Å². The third-order valence-electron chi connectivity index (χ3n) is 1.94. The molecule has 0 heterocycles. The maximum Gasteiger partial charge on any atom is 0.0655 e. The van der Waals surface area contributed by atoms with Crippen LogP contribution < -0.4 is 0 Å². The summed E-state index contributed by atoms with van der Waals surface area (Å²) < 4.78 is 0. The van der Waals surface area contributed by atoms with Gasteiger partial charge in [-0.25, -0.2) is 0 Å². The predicted molar refractivity (Wildman–Crippen MR) is 53.1 cm³/mol. The Hall–Kier alpha value is 0.310. The van der Waals surface area contributed by atoms with Gasteiger partial charge in [0, 0.05) is 5.75 Å². The molecule has 0 radical (unpaired) electrons. The Morgan fingerprint density at radius 1 is 1.36 bits per heavy atom. The predicted octanol–water partition coefficient (Wildman–Crippen LogP) is 2.54. The Balaban J connectivity index is 3.28. The number of hydrogen-bond acceptors (Lipinski definition) is 2. The van der Waals surface area contributed by atoms with Gasteiger partial charge in [0.15, 0.2) is 0 Å². The summed E-state index contributed by atoms with van der Waals surface area (Å²) in [6, 6.07) is 0. The summed E-state index contributed by atoms with van der Waals surface area (Å²) in [5, 5.41) is 9.52. The SMILES string of the molecule is CCCSCC(O)C(C)CC. The first-order valence-corrected chi connectivity index (χ1v) is 5.63. The maximum atomic E-state index is 9.52. The second-order valence-corrected chi connectivity index (χ2v) is 4.18. The van der Waals surface area contributed by atoms with Crippen LogP contribution in [-0.2, 0) is 0 Å². The standard InChI is InChI=1S/C9H20OS/c1-4-6-11-7-9(10)8(3)5-2/h8-10H,4-7H2,1-3H3. The van der Waals surface area contributed by atoms with Crippen molar-refractivity contribution in [3.05, 3.63) is 0 Å². The third-order valence-corrected chi connectivity index (χ3v) is 3.21. The van der Waals surface area contributed by atoms with Crippen molar-refractivity contribution in [3.63, 3.8) is 0 Å². The lowest BCUT2D eigenvalue weighted by molar-refractivity contribution is 0.137. The Labute approximate surface area is 74.6 Å². The molecule has 2 atom stereocenters. The average Bonchev–Trinajstić information content (AvgIpc) is 2.03. The van der Waals surface area contributed by atoms with E-state index in [0.29, 0.717) is 5.92 Å². The van der Waals surface area contributed by atoms with Gasteiger partial charge in [0.05, 0.1) is 6.10 Å². The van der Waals surface area contributed by atoms with Crippen LogP contribution in [0.4, 0.5) is 0 Å². The molecule has 11 heavy (non-hydrogen) atoms. The van der Waals surface area contributed by atoms with Crippen LogP contribution in [0.15, 0.2) is 0 Å². The van der Waals surface area contributed by atoms with Crippen molar-refractivity contribution in [1.29, 1.82) is 0 Å². The molecule has 0 amide bonds. The third kappa shape index (κ3) is 5.57. The van der Waals surface area contributed by atoms with E-state index in [1.165, 1.54) is 12.2 Å². The summed E-state index contributed by atoms with van der Waals surface area (Å²) in [5.41, 5.74) is 0. The van der Waals surface area contributed by atoms with Crippen LogP contribution in [0.2, 0.25) is 0 Å². The number of hydrogen-bond donors (Lipinski definition) is 1. The normalized spacial score (nSPS) is 16.4. The van der Waals surface area contributed by atoms with Crippen molar-refractivity contribution in [2.24, 2.45) is 5.92 Å². The summed E-state index contributed by atoms with van der Waals surface area (Å²) >= 11 is 1.86. The van der Waals surface area contributed by atoms with E-state index in [1.807, 2.05) is 11.8 Å². The monoisotopic (exact) mass is 176 g/mol. The summed E-state index contributed by atoms with van der Waals surface area (Å²) in [7, 11) is 0. The first-order chi connectivity index (χ1) is 5.22. The van der Waals surface area contributed by atoms with Crippen molar-refractivity contribution in [3.8, 4) is 0 Å². The molecule has 2 heteroatoms. The van der Waals surface area contributed by atoms with Crippen molar-refractivity contribution in [1.82, 2.24) is 0 Å². The molecule has 0 spiro atoms. The van der Waals surface area contributed by atoms with Gasteiger partial charge in [-0.15, -0.1) is 0 Å². The van der Waals surface area contributed by atoms with Crippen molar-refractivity contribution < 1.29 is 5.11 Å². The molecule has 0 saturated carbocycles. The molecule has 0 saturated heterocycles. The van der Waals surface area contributed by atoms with Crippen LogP contribution in [0.1, 0.15) is 33.6 Å². The first kappa shape index (κ1) is 11.3. The fraction of sp³-hybridized carbons (Fsp3) is 1.00. The molecule has 0 aliphatic carbocycles. The highest BCUT2D eigenvalue weighted by Gasteiger charge is 2.10. The largest absolute Gasteiger partial charge is 0.392 e. The van der Waals surface area contributed by atoms with Crippen molar-refractivity contribution in [2.45, 2.75) is 39.7 Å². The van der Waals surface area contributed by atoms with Gasteiger partial charge in [-0.05, 0) is 18.1 Å². The van der Waals surface area contributed by atoms with E-state index in [0.717, 1.165) is 12.2 Å². The zero-order valence-electron chi connectivity index (χ0n) is 7.84. The Morgan fingerprint density at radius 3 is 2.45 bits per heavy atom. The van der Waals surface area contributed by atoms with Gasteiger partial charge in [0.1, 0.15) is 0 Å². The summed E-state index contributed by atoms with van der Waals surface area (Å²) in [6.07, 6.45) is 2.18. The molecule has 0 aromatic heterocycles. The first-order valence-electron chi connectivity index (χ1n) is 4.48. The zero-order valence-corrected chi connectivity index (χ0v) is 8.66. The molecule has 0 aromatic rings. The van der Waals surface area contributed by atoms with E-state index in [-0.39, 0.29) is 6.10 Å². The molecule has 0 bridgehead atoms. The lowest BCUT2D eigenvalue weighted by Crippen LogP contribution is -2.19. The molecular weight excluding hydrogens is 156 g/mol. The summed E-state index contributed by atoms with van der Waals surface area (Å²) in [6.45, 7) is 6.40. The van der Waals surface area contributed by atoms with Gasteiger partial charge in [-0.3, -0.25) is 0 Å². The Bertz CT molecular complexity index is 85.6. The second kappa shape index (κ2) is 6.99. The van der Waals surface area contributed by atoms with E-state index in [1.54, 1.807) is 0 Å². The number of aliphatic hydroxyl groups excluding tert-OH is 1. The highest BCUT2D eigenvalue weighted by molar-refractivity contribution is 7.99. The minimum atomic E-state index is -0.100. The topological polar surface area (TPSA) is 20.2 Å². The van der Waals surface area contributed by atoms with Crippen LogP contribution in [0.5, 0.6) is 0 Å². The molecule has 0 aliphatic heterocycles. The highest BCUT2D eigenvalue weighted by Crippen LogP contribution is 2.13. The van der Waals surface area contributed by atoms with Gasteiger partial charge in [-0.2, -0.15) is 11.8 Å². The van der Waals surface area contributed by atoms with Gasteiger partial charge >= 0.3 is 0 Å². The fourth-order valence-electron chi connectivity index (χ4n) is 0.785. The minimum absolute atomic E-state index is 0.100. The molecule has 0 aliphatic rings. The quantitative estimate of drug-likeness (QED) is 0.628. The van der Waals surface area contributed by atoms with Crippen molar-refractivity contribution >= 4 is 11.8 Å². The Morgan fingerprint density at radius 2 is 2.00 bits per heavy atom. The van der Waals surface area contributed by atoms with E-state index in [4.69, 9.17) is 0 Å². The summed E-state index contributed by atoms with van der Waals surface area (Å²) in [4.78, 5) is 0. The van der Waals surface area contributed by atoms with E-state index in [2.05, 4.69) is 20.8 Å². The maximum absolute atomic E-state index is 9.52. The van der Waals surface area contributed by atoms with E-state index in [9.17, 15) is 5.11 Å². The minimum Gasteiger partial charge on any atom is -0.392 e. The lowest BCUT2D eigenvalue weighted by atomic mass is 10.0. The lowest BCUT2D eigenvalue weighted by Gasteiger charge is -2.15. The van der Waals surface area contributed by atoms with Gasteiger partial charge in [-0.1, -0.05) is 27.2 Å². The molecule has 2 unspecified atom stereocenters. The number of thioether (sulfide) groups is 1. The number of aliphatic hydroxyl groups is 1. The van der Waals surface area contributed by atoms with Crippen LogP contribution in [0, 0.1) is 5.92 Å². The van der Waals surface area contributed by atoms with E-state index < -0.39 is 0 Å². The van der Waals surface area contributed by atoms with Gasteiger partial charge in [0.2, 0.25) is 0 Å². The molecule has 0 aromatic carbocycles. The van der Waals surface area contributed by atoms with Crippen molar-refractivity contribution in [2.75, 3.05) is 11.5 Å². The zero-order chi connectivity index (χ0) is 8.69. The molecule has 1 N–H and O–H groups in total. The molecular formula is C9H20OS. The van der Waals surface area contributed by atoms with Crippen LogP contribution >= 0.6 is 11.8 Å². The molecule has 1 nitrogen and oxygen atoms in total. The molecule has 68 valence electrons. The number of rotatable bonds is 6. The van der Waals surface area contributed by atoms with Crippen LogP contribution in [-0.4, -0.2) is 22.7 Å². The van der Waals surface area contributed by atoms with Crippen LogP contribution in [0.25, 0.3) is 0 Å². The Kier molecular flexibility index (Phi) is 7.18. The highest BCUT2D eigenvalue weighted by atomic mass is 32.2. The van der Waals surface area contributed by atoms with Crippen LogP contribution in [0.3, 0.4) is 0 Å². The summed E-state index contributed by atoms with van der Waals surface area (Å²) in [5.74, 6) is 2.54.